The minimum atomic E-state index is -0.574. The molecule has 0 fully saturated rings. The summed E-state index contributed by atoms with van der Waals surface area (Å²) < 4.78 is 21.1. The van der Waals surface area contributed by atoms with Crippen molar-refractivity contribution in [1.82, 2.24) is 0 Å². The number of esters is 1. The lowest BCUT2D eigenvalue weighted by Gasteiger charge is -2.11. The number of methoxy groups -OCH3 is 2. The number of aryl methyl sites for hydroxylation is 1. The van der Waals surface area contributed by atoms with Crippen LogP contribution in [0.3, 0.4) is 0 Å². The Morgan fingerprint density at radius 3 is 2.61 bits per heavy atom. The highest BCUT2D eigenvalue weighted by Crippen LogP contribution is 2.30. The summed E-state index contributed by atoms with van der Waals surface area (Å²) in [5, 5.41) is 12.2. The number of nitrogens with one attached hydrogen (secondary N) is 1. The molecule has 0 bridgehead atoms. The molecular formula is C25H22N2O6. The Hall–Kier alpha value is -4.51. The van der Waals surface area contributed by atoms with Crippen molar-refractivity contribution >= 4 is 23.6 Å². The third-order valence-electron chi connectivity index (χ3n) is 4.56. The second-order valence-electron chi connectivity index (χ2n) is 6.95. The van der Waals surface area contributed by atoms with E-state index >= 15 is 0 Å². The molecule has 0 spiro atoms. The lowest BCUT2D eigenvalue weighted by atomic mass is 10.1. The third-order valence-corrected chi connectivity index (χ3v) is 4.56. The maximum absolute atomic E-state index is 12.5. The molecule has 8 heteroatoms. The van der Waals surface area contributed by atoms with E-state index in [1.54, 1.807) is 30.3 Å². The van der Waals surface area contributed by atoms with Crippen molar-refractivity contribution < 1.29 is 28.2 Å². The first-order valence-electron chi connectivity index (χ1n) is 9.91. The van der Waals surface area contributed by atoms with E-state index in [4.69, 9.17) is 13.9 Å². The van der Waals surface area contributed by atoms with E-state index in [9.17, 15) is 14.9 Å². The molecule has 2 aromatic carbocycles. The fourth-order valence-corrected chi connectivity index (χ4v) is 2.94. The predicted molar refractivity (Wildman–Crippen MR) is 121 cm³/mol. The van der Waals surface area contributed by atoms with Crippen molar-refractivity contribution in [2.45, 2.75) is 13.5 Å². The zero-order valence-corrected chi connectivity index (χ0v) is 18.4. The molecule has 0 radical (unpaired) electrons. The fraction of sp³-hybridized carbons (Fsp3) is 0.160. The van der Waals surface area contributed by atoms with E-state index in [2.05, 4.69) is 10.1 Å². The number of hydrogen-bond acceptors (Lipinski definition) is 7. The number of furan rings is 1. The number of rotatable bonds is 8. The number of anilines is 1. The van der Waals surface area contributed by atoms with Crippen LogP contribution in [0.15, 0.2) is 64.6 Å². The highest BCUT2D eigenvalue weighted by molar-refractivity contribution is 6.09. The topological polar surface area (TPSA) is 111 Å². The van der Waals surface area contributed by atoms with Crippen LogP contribution in [0.2, 0.25) is 0 Å². The molecule has 1 N–H and O–H groups in total. The number of ether oxygens (including phenoxy) is 3. The molecule has 1 amide bonds. The SMILES string of the molecule is COC(=O)c1ccc(COc2ccc(/C=C(\C#N)C(=O)Nc3cccc(C)c3)cc2OC)o1. The molecule has 3 aromatic rings. The first-order valence-corrected chi connectivity index (χ1v) is 9.91. The summed E-state index contributed by atoms with van der Waals surface area (Å²) in [4.78, 5) is 24.0. The summed E-state index contributed by atoms with van der Waals surface area (Å²) in [5.74, 6) is 0.252. The lowest BCUT2D eigenvalue weighted by molar-refractivity contribution is -0.112. The van der Waals surface area contributed by atoms with Gasteiger partial charge in [0.15, 0.2) is 11.5 Å². The van der Waals surface area contributed by atoms with E-state index < -0.39 is 11.9 Å². The summed E-state index contributed by atoms with van der Waals surface area (Å²) in [7, 11) is 2.75. The Balaban J connectivity index is 1.72. The molecule has 0 saturated heterocycles. The Kier molecular flexibility index (Phi) is 7.50. The predicted octanol–water partition coefficient (Wildman–Crippen LogP) is 4.51. The molecule has 0 saturated carbocycles. The minimum Gasteiger partial charge on any atom is -0.493 e. The second-order valence-corrected chi connectivity index (χ2v) is 6.95. The van der Waals surface area contributed by atoms with Crippen molar-refractivity contribution in [2.24, 2.45) is 0 Å². The van der Waals surface area contributed by atoms with Crippen LogP contribution in [-0.2, 0) is 16.1 Å². The smallest absolute Gasteiger partial charge is 0.373 e. The van der Waals surface area contributed by atoms with Crippen LogP contribution in [0.4, 0.5) is 5.69 Å². The van der Waals surface area contributed by atoms with Gasteiger partial charge >= 0.3 is 5.97 Å². The minimum absolute atomic E-state index is 0.0573. The van der Waals surface area contributed by atoms with Crippen LogP contribution in [0.1, 0.15) is 27.4 Å². The lowest BCUT2D eigenvalue weighted by Crippen LogP contribution is -2.13. The van der Waals surface area contributed by atoms with Gasteiger partial charge in [0, 0.05) is 5.69 Å². The van der Waals surface area contributed by atoms with E-state index in [0.29, 0.717) is 28.5 Å². The van der Waals surface area contributed by atoms with Crippen LogP contribution in [0.5, 0.6) is 11.5 Å². The summed E-state index contributed by atoms with van der Waals surface area (Å²) in [5.41, 5.74) is 2.13. The average Bonchev–Trinajstić information content (AvgIpc) is 3.30. The monoisotopic (exact) mass is 446 g/mol. The molecule has 0 atom stereocenters. The second kappa shape index (κ2) is 10.7. The summed E-state index contributed by atoms with van der Waals surface area (Å²) in [6, 6.07) is 17.3. The van der Waals surface area contributed by atoms with Crippen LogP contribution < -0.4 is 14.8 Å². The van der Waals surface area contributed by atoms with Crippen molar-refractivity contribution in [3.63, 3.8) is 0 Å². The molecule has 3 rings (SSSR count). The van der Waals surface area contributed by atoms with Gasteiger partial charge in [0.05, 0.1) is 14.2 Å². The molecule has 8 nitrogen and oxygen atoms in total. The Morgan fingerprint density at radius 2 is 1.91 bits per heavy atom. The van der Waals surface area contributed by atoms with Crippen molar-refractivity contribution in [2.75, 3.05) is 19.5 Å². The number of benzene rings is 2. The van der Waals surface area contributed by atoms with Crippen LogP contribution in [0.25, 0.3) is 6.08 Å². The van der Waals surface area contributed by atoms with Gasteiger partial charge in [-0.2, -0.15) is 5.26 Å². The van der Waals surface area contributed by atoms with Crippen molar-refractivity contribution in [3.8, 4) is 17.6 Å². The van der Waals surface area contributed by atoms with Gasteiger partial charge < -0.3 is 23.9 Å². The Morgan fingerprint density at radius 1 is 1.09 bits per heavy atom. The number of carbonyl (C=O) groups excluding carboxylic acids is 2. The van der Waals surface area contributed by atoms with E-state index in [-0.39, 0.29) is 17.9 Å². The highest BCUT2D eigenvalue weighted by atomic mass is 16.5. The Bertz CT molecular complexity index is 1240. The van der Waals surface area contributed by atoms with Gasteiger partial charge in [-0.3, -0.25) is 4.79 Å². The molecule has 1 aromatic heterocycles. The molecule has 0 aliphatic heterocycles. The van der Waals surface area contributed by atoms with Crippen LogP contribution >= 0.6 is 0 Å². The van der Waals surface area contributed by atoms with Crippen LogP contribution in [0, 0.1) is 18.3 Å². The number of nitriles is 1. The van der Waals surface area contributed by atoms with Crippen LogP contribution in [-0.4, -0.2) is 26.1 Å². The number of hydrogen-bond donors (Lipinski definition) is 1. The molecular weight excluding hydrogens is 424 g/mol. The summed E-state index contributed by atoms with van der Waals surface area (Å²) >= 11 is 0. The van der Waals surface area contributed by atoms with Gasteiger partial charge in [0.1, 0.15) is 24.0 Å². The van der Waals surface area contributed by atoms with Gasteiger partial charge in [-0.15, -0.1) is 0 Å². The third kappa shape index (κ3) is 6.02. The zero-order valence-electron chi connectivity index (χ0n) is 18.4. The Labute approximate surface area is 191 Å². The van der Waals surface area contributed by atoms with Gasteiger partial charge in [-0.05, 0) is 60.5 Å². The number of nitrogens with zero attached hydrogens (tertiary/aromatic N) is 1. The van der Waals surface area contributed by atoms with E-state index in [0.717, 1.165) is 5.56 Å². The largest absolute Gasteiger partial charge is 0.493 e. The summed E-state index contributed by atoms with van der Waals surface area (Å²) in [6.45, 7) is 1.97. The van der Waals surface area contributed by atoms with E-state index in [1.165, 1.54) is 26.4 Å². The van der Waals surface area contributed by atoms with Gasteiger partial charge in [-0.25, -0.2) is 4.79 Å². The molecule has 0 aliphatic rings. The first kappa shape index (κ1) is 23.2. The zero-order chi connectivity index (χ0) is 23.8. The number of carbonyl (C=O) groups is 2. The van der Waals surface area contributed by atoms with E-state index in [1.807, 2.05) is 31.2 Å². The number of amides is 1. The highest BCUT2D eigenvalue weighted by Gasteiger charge is 2.14. The maximum Gasteiger partial charge on any atom is 0.373 e. The summed E-state index contributed by atoms with van der Waals surface area (Å²) in [6.07, 6.45) is 1.46. The quantitative estimate of drug-likeness (QED) is 0.308. The van der Waals surface area contributed by atoms with Gasteiger partial charge in [0.2, 0.25) is 5.76 Å². The molecule has 0 aliphatic carbocycles. The van der Waals surface area contributed by atoms with Crippen molar-refractivity contribution in [3.05, 3.63) is 82.8 Å². The molecule has 168 valence electrons. The average molecular weight is 446 g/mol. The van der Waals surface area contributed by atoms with Gasteiger partial charge in [0.25, 0.3) is 5.91 Å². The fourth-order valence-electron chi connectivity index (χ4n) is 2.94. The standard InChI is InChI=1S/C25H22N2O6/c1-16-5-4-6-19(11-16)27-24(28)18(14-26)12-17-7-9-21(23(13-17)30-2)32-15-20-8-10-22(33-20)25(29)31-3/h4-13H,15H2,1-3H3,(H,27,28)/b18-12+. The van der Waals surface area contributed by atoms with Gasteiger partial charge in [-0.1, -0.05) is 18.2 Å². The molecule has 33 heavy (non-hydrogen) atoms. The molecule has 1 heterocycles. The van der Waals surface area contributed by atoms with Crippen molar-refractivity contribution in [1.29, 1.82) is 5.26 Å². The first-order chi connectivity index (χ1) is 15.9. The maximum atomic E-state index is 12.5. The normalized spacial score (nSPS) is 10.8. The molecule has 0 unspecified atom stereocenters.